The Bertz CT molecular complexity index is 770. The molecule has 2 amide bonds. The Kier molecular flexibility index (Phi) is 10.4. The number of rotatable bonds is 6. The predicted octanol–water partition coefficient (Wildman–Crippen LogP) is 2.86. The van der Waals surface area contributed by atoms with Gasteiger partial charge < -0.3 is 15.5 Å². The number of piperazine rings is 1. The van der Waals surface area contributed by atoms with E-state index in [-0.39, 0.29) is 55.5 Å². The third-order valence-corrected chi connectivity index (χ3v) is 4.44. The fourth-order valence-electron chi connectivity index (χ4n) is 2.94. The highest BCUT2D eigenvalue weighted by Gasteiger charge is 2.22. The molecule has 1 aliphatic heterocycles. The van der Waals surface area contributed by atoms with Crippen molar-refractivity contribution in [2.24, 2.45) is 0 Å². The van der Waals surface area contributed by atoms with E-state index in [1.165, 1.54) is 24.3 Å². The summed E-state index contributed by atoms with van der Waals surface area (Å²) < 4.78 is 12.9. The van der Waals surface area contributed by atoms with Crippen LogP contribution >= 0.6 is 24.8 Å². The molecular weight excluding hydrogens is 418 g/mol. The summed E-state index contributed by atoms with van der Waals surface area (Å²) in [4.78, 5) is 28.2. The lowest BCUT2D eigenvalue weighted by Gasteiger charge is -2.34. The first-order chi connectivity index (χ1) is 13.1. The van der Waals surface area contributed by atoms with Crippen LogP contribution < -0.4 is 10.6 Å². The van der Waals surface area contributed by atoms with E-state index in [2.05, 4.69) is 10.6 Å². The summed E-state index contributed by atoms with van der Waals surface area (Å²) >= 11 is 0. The van der Waals surface area contributed by atoms with Gasteiger partial charge in [0.25, 0.3) is 0 Å². The molecule has 0 atom stereocenters. The first-order valence-electron chi connectivity index (χ1n) is 8.94. The smallest absolute Gasteiger partial charge is 0.241 e. The number of nitrogens with one attached hydrogen (secondary N) is 2. The van der Waals surface area contributed by atoms with Crippen molar-refractivity contribution in [2.75, 3.05) is 49.9 Å². The molecule has 29 heavy (non-hydrogen) atoms. The lowest BCUT2D eigenvalue weighted by molar-refractivity contribution is -0.131. The molecule has 158 valence electrons. The maximum absolute atomic E-state index is 12.9. The van der Waals surface area contributed by atoms with Gasteiger partial charge in [-0.2, -0.15) is 0 Å². The number of hydrogen-bond acceptors (Lipinski definition) is 4. The van der Waals surface area contributed by atoms with Gasteiger partial charge in [-0.25, -0.2) is 4.39 Å². The van der Waals surface area contributed by atoms with Crippen LogP contribution in [0.15, 0.2) is 54.6 Å². The van der Waals surface area contributed by atoms with Crippen LogP contribution in [-0.4, -0.2) is 60.9 Å². The number of carbonyl (C=O) groups is 2. The van der Waals surface area contributed by atoms with Crippen molar-refractivity contribution in [2.45, 2.75) is 0 Å². The first kappa shape index (κ1) is 24.7. The molecule has 0 spiro atoms. The Morgan fingerprint density at radius 3 is 2.10 bits per heavy atom. The number of hydrogen-bond donors (Lipinski definition) is 2. The molecule has 3 rings (SSSR count). The number of anilines is 2. The molecule has 2 aromatic rings. The average Bonchev–Trinajstić information content (AvgIpc) is 2.69. The zero-order chi connectivity index (χ0) is 19.1. The summed E-state index contributed by atoms with van der Waals surface area (Å²) in [6.45, 7) is 3.00. The van der Waals surface area contributed by atoms with Crippen LogP contribution in [0.5, 0.6) is 0 Å². The molecule has 9 heteroatoms. The zero-order valence-corrected chi connectivity index (χ0v) is 17.5. The fraction of sp³-hybridized carbons (Fsp3) is 0.300. The molecule has 1 fully saturated rings. The van der Waals surface area contributed by atoms with Crippen molar-refractivity contribution in [3.05, 3.63) is 60.4 Å². The van der Waals surface area contributed by atoms with Gasteiger partial charge in [0, 0.05) is 37.6 Å². The maximum atomic E-state index is 12.9. The molecule has 0 radical (unpaired) electrons. The highest BCUT2D eigenvalue weighted by atomic mass is 35.5. The van der Waals surface area contributed by atoms with Gasteiger partial charge in [-0.1, -0.05) is 18.2 Å². The van der Waals surface area contributed by atoms with Gasteiger partial charge in [0.15, 0.2) is 0 Å². The number of carbonyl (C=O) groups excluding carboxylic acids is 2. The minimum atomic E-state index is -0.337. The maximum Gasteiger partial charge on any atom is 0.241 e. The fourth-order valence-corrected chi connectivity index (χ4v) is 2.94. The molecule has 1 saturated heterocycles. The molecule has 0 aliphatic carbocycles. The highest BCUT2D eigenvalue weighted by Crippen LogP contribution is 2.09. The van der Waals surface area contributed by atoms with E-state index in [1.54, 1.807) is 0 Å². The van der Waals surface area contributed by atoms with Crippen molar-refractivity contribution in [3.8, 4) is 0 Å². The quantitative estimate of drug-likeness (QED) is 0.721. The van der Waals surface area contributed by atoms with Gasteiger partial charge >= 0.3 is 0 Å². The van der Waals surface area contributed by atoms with E-state index >= 15 is 0 Å². The van der Waals surface area contributed by atoms with E-state index in [0.717, 1.165) is 5.69 Å². The molecular formula is C20H25Cl2FN4O2. The number of benzene rings is 2. The van der Waals surface area contributed by atoms with Crippen LogP contribution in [0, 0.1) is 5.82 Å². The molecule has 1 aliphatic rings. The van der Waals surface area contributed by atoms with Crippen molar-refractivity contribution in [3.63, 3.8) is 0 Å². The van der Waals surface area contributed by atoms with Crippen molar-refractivity contribution in [1.82, 2.24) is 9.80 Å². The van der Waals surface area contributed by atoms with E-state index < -0.39 is 0 Å². The molecule has 0 bridgehead atoms. The minimum absolute atomic E-state index is 0. The van der Waals surface area contributed by atoms with Crippen LogP contribution in [-0.2, 0) is 9.59 Å². The van der Waals surface area contributed by atoms with Crippen molar-refractivity contribution in [1.29, 1.82) is 0 Å². The Morgan fingerprint density at radius 2 is 1.48 bits per heavy atom. The van der Waals surface area contributed by atoms with Crippen molar-refractivity contribution >= 4 is 48.0 Å². The predicted molar refractivity (Wildman–Crippen MR) is 117 cm³/mol. The van der Waals surface area contributed by atoms with Gasteiger partial charge in [-0.3, -0.25) is 14.5 Å². The third kappa shape index (κ3) is 7.89. The molecule has 6 nitrogen and oxygen atoms in total. The Balaban J connectivity index is 0.00000210. The normalized spacial score (nSPS) is 13.6. The Morgan fingerprint density at radius 1 is 0.862 bits per heavy atom. The van der Waals surface area contributed by atoms with Crippen LogP contribution in [0.4, 0.5) is 15.8 Å². The molecule has 0 saturated carbocycles. The molecule has 1 heterocycles. The molecule has 2 aromatic carbocycles. The average molecular weight is 443 g/mol. The summed E-state index contributed by atoms with van der Waals surface area (Å²) in [5, 5.41) is 5.87. The second kappa shape index (κ2) is 12.3. The van der Waals surface area contributed by atoms with Gasteiger partial charge in [0.1, 0.15) is 5.82 Å². The molecule has 2 N–H and O–H groups in total. The second-order valence-corrected chi connectivity index (χ2v) is 6.43. The number of para-hydroxylation sites is 1. The standard InChI is InChI=1S/C20H23FN4O2.2ClH/c21-16-6-8-18(9-7-16)23-19(26)15-24-10-12-25(13-11-24)20(27)14-22-17-4-2-1-3-5-17;;/h1-9,22H,10-15H2,(H,23,26);2*1H. The second-order valence-electron chi connectivity index (χ2n) is 6.43. The Hall–Kier alpha value is -2.35. The van der Waals surface area contributed by atoms with Crippen molar-refractivity contribution < 1.29 is 14.0 Å². The monoisotopic (exact) mass is 442 g/mol. The molecule has 0 unspecified atom stereocenters. The third-order valence-electron chi connectivity index (χ3n) is 4.44. The number of amides is 2. The summed E-state index contributed by atoms with van der Waals surface area (Å²) in [6, 6.07) is 15.3. The first-order valence-corrected chi connectivity index (χ1v) is 8.94. The van der Waals surface area contributed by atoms with Gasteiger partial charge in [0.2, 0.25) is 11.8 Å². The van der Waals surface area contributed by atoms with Crippen LogP contribution in [0.25, 0.3) is 0 Å². The number of halogens is 3. The van der Waals surface area contributed by atoms with Gasteiger partial charge in [-0.05, 0) is 36.4 Å². The lowest BCUT2D eigenvalue weighted by Crippen LogP contribution is -2.51. The topological polar surface area (TPSA) is 64.7 Å². The summed E-state index contributed by atoms with van der Waals surface area (Å²) in [7, 11) is 0. The van der Waals surface area contributed by atoms with Crippen LogP contribution in [0.1, 0.15) is 0 Å². The summed E-state index contributed by atoms with van der Waals surface area (Å²) in [5.74, 6) is -0.433. The van der Waals surface area contributed by atoms with Crippen LogP contribution in [0.2, 0.25) is 0 Å². The lowest BCUT2D eigenvalue weighted by atomic mass is 10.2. The van der Waals surface area contributed by atoms with Gasteiger partial charge in [0.05, 0.1) is 13.1 Å². The van der Waals surface area contributed by atoms with E-state index in [9.17, 15) is 14.0 Å². The minimum Gasteiger partial charge on any atom is -0.376 e. The largest absolute Gasteiger partial charge is 0.376 e. The number of nitrogens with zero attached hydrogens (tertiary/aromatic N) is 2. The van der Waals surface area contributed by atoms with E-state index in [1.807, 2.05) is 40.1 Å². The summed E-state index contributed by atoms with van der Waals surface area (Å²) in [5.41, 5.74) is 1.49. The zero-order valence-electron chi connectivity index (χ0n) is 15.8. The SMILES string of the molecule is Cl.Cl.O=C(CN1CCN(C(=O)CNc2ccccc2)CC1)Nc1ccc(F)cc1. The highest BCUT2D eigenvalue weighted by molar-refractivity contribution is 5.92. The summed E-state index contributed by atoms with van der Waals surface area (Å²) in [6.07, 6.45) is 0. The van der Waals surface area contributed by atoms with Gasteiger partial charge in [-0.15, -0.1) is 24.8 Å². The molecule has 0 aromatic heterocycles. The van der Waals surface area contributed by atoms with E-state index in [4.69, 9.17) is 0 Å². The van der Waals surface area contributed by atoms with Crippen LogP contribution in [0.3, 0.4) is 0 Å². The Labute approximate surface area is 182 Å². The van der Waals surface area contributed by atoms with E-state index in [0.29, 0.717) is 31.9 Å².